The van der Waals surface area contributed by atoms with Gasteiger partial charge in [0.1, 0.15) is 6.54 Å². The number of aromatic nitrogens is 1. The van der Waals surface area contributed by atoms with Crippen LogP contribution in [0.15, 0.2) is 36.5 Å². The number of nitrogens with one attached hydrogen (secondary N) is 2. The Morgan fingerprint density at radius 3 is 2.85 bits per heavy atom. The normalized spacial score (nSPS) is 10.1. The number of pyridine rings is 1. The number of esters is 1. The first-order valence-corrected chi connectivity index (χ1v) is 6.25. The van der Waals surface area contributed by atoms with Crippen LogP contribution in [0.3, 0.4) is 0 Å². The number of hydrogen-bond acceptors (Lipinski definition) is 4. The number of nitrogens with zero attached hydrogens (tertiary/aromatic N) is 1. The Morgan fingerprint density at radius 2 is 2.05 bits per heavy atom. The number of carbonyl (C=O) groups excluding carboxylic acids is 2. The van der Waals surface area contributed by atoms with Crippen molar-refractivity contribution in [1.29, 1.82) is 0 Å². The van der Waals surface area contributed by atoms with Crippen LogP contribution in [0, 0.1) is 0 Å². The van der Waals surface area contributed by atoms with E-state index in [4.69, 9.17) is 4.74 Å². The highest BCUT2D eigenvalue weighted by atomic mass is 16.5. The average Bonchev–Trinajstić information content (AvgIpc) is 2.46. The van der Waals surface area contributed by atoms with Crippen LogP contribution >= 0.6 is 0 Å². The van der Waals surface area contributed by atoms with E-state index in [1.165, 1.54) is 0 Å². The summed E-state index contributed by atoms with van der Waals surface area (Å²) in [7, 11) is 0. The van der Waals surface area contributed by atoms with Gasteiger partial charge in [0.2, 0.25) is 0 Å². The molecule has 0 aliphatic carbocycles. The van der Waals surface area contributed by atoms with Gasteiger partial charge in [0.05, 0.1) is 17.8 Å². The molecule has 0 saturated carbocycles. The van der Waals surface area contributed by atoms with Gasteiger partial charge in [-0.25, -0.2) is 4.79 Å². The second kappa shape index (κ2) is 6.51. The van der Waals surface area contributed by atoms with Crippen LogP contribution in [0.1, 0.15) is 6.92 Å². The van der Waals surface area contributed by atoms with Gasteiger partial charge >= 0.3 is 12.0 Å². The summed E-state index contributed by atoms with van der Waals surface area (Å²) >= 11 is 0. The lowest BCUT2D eigenvalue weighted by molar-refractivity contribution is -0.141. The fourth-order valence-corrected chi connectivity index (χ4v) is 1.74. The van der Waals surface area contributed by atoms with E-state index in [9.17, 15) is 9.59 Å². The van der Waals surface area contributed by atoms with Crippen LogP contribution < -0.4 is 10.6 Å². The predicted molar refractivity (Wildman–Crippen MR) is 75.4 cm³/mol. The number of anilines is 1. The minimum atomic E-state index is -0.476. The Balaban J connectivity index is 2.01. The van der Waals surface area contributed by atoms with Crippen molar-refractivity contribution in [2.75, 3.05) is 18.5 Å². The molecule has 2 aromatic rings. The van der Waals surface area contributed by atoms with Crippen LogP contribution in [-0.4, -0.2) is 30.1 Å². The molecule has 0 fully saturated rings. The van der Waals surface area contributed by atoms with Gasteiger partial charge in [-0.1, -0.05) is 18.2 Å². The van der Waals surface area contributed by atoms with Crippen molar-refractivity contribution in [3.63, 3.8) is 0 Å². The zero-order chi connectivity index (χ0) is 14.4. The van der Waals surface area contributed by atoms with Crippen molar-refractivity contribution >= 4 is 28.6 Å². The van der Waals surface area contributed by atoms with Crippen molar-refractivity contribution in [2.45, 2.75) is 6.92 Å². The molecule has 0 saturated heterocycles. The molecule has 2 N–H and O–H groups in total. The Bertz CT molecular complexity index is 623. The molecule has 0 spiro atoms. The van der Waals surface area contributed by atoms with Crippen molar-refractivity contribution in [3.05, 3.63) is 36.5 Å². The standard InChI is InChI=1S/C14H15N3O3/c1-2-20-12(18)9-16-14(19)17-11-7-3-5-10-6-4-8-15-13(10)11/h3-8H,2,9H2,1H3,(H2,16,17,19). The second-order valence-corrected chi connectivity index (χ2v) is 3.99. The molecular formula is C14H15N3O3. The van der Waals surface area contributed by atoms with Crippen molar-refractivity contribution in [1.82, 2.24) is 10.3 Å². The number of para-hydroxylation sites is 1. The molecule has 6 nitrogen and oxygen atoms in total. The van der Waals surface area contributed by atoms with Gasteiger partial charge in [0.25, 0.3) is 0 Å². The highest BCUT2D eigenvalue weighted by Gasteiger charge is 2.08. The molecule has 2 amide bonds. The van der Waals surface area contributed by atoms with Crippen molar-refractivity contribution in [2.24, 2.45) is 0 Å². The first-order valence-electron chi connectivity index (χ1n) is 6.25. The molecule has 20 heavy (non-hydrogen) atoms. The summed E-state index contributed by atoms with van der Waals surface area (Å²) in [6.45, 7) is 1.83. The summed E-state index contributed by atoms with van der Waals surface area (Å²) in [5, 5.41) is 6.02. The quantitative estimate of drug-likeness (QED) is 0.834. The SMILES string of the molecule is CCOC(=O)CNC(=O)Nc1cccc2cccnc12. The van der Waals surface area contributed by atoms with Crippen LogP contribution in [0.2, 0.25) is 0 Å². The van der Waals surface area contributed by atoms with E-state index in [0.717, 1.165) is 5.39 Å². The zero-order valence-corrected chi connectivity index (χ0v) is 11.1. The summed E-state index contributed by atoms with van der Waals surface area (Å²) < 4.78 is 4.72. The lowest BCUT2D eigenvalue weighted by atomic mass is 10.2. The summed E-state index contributed by atoms with van der Waals surface area (Å²) in [5.74, 6) is -0.473. The minimum absolute atomic E-state index is 0.169. The van der Waals surface area contributed by atoms with Gasteiger partial charge in [-0.15, -0.1) is 0 Å². The number of ether oxygens (including phenoxy) is 1. The largest absolute Gasteiger partial charge is 0.465 e. The number of fused-ring (bicyclic) bond motifs is 1. The fraction of sp³-hybridized carbons (Fsp3) is 0.214. The van der Waals surface area contributed by atoms with Crippen LogP contribution in [0.4, 0.5) is 10.5 Å². The minimum Gasteiger partial charge on any atom is -0.465 e. The lowest BCUT2D eigenvalue weighted by Crippen LogP contribution is -2.34. The third kappa shape index (κ3) is 3.44. The molecule has 0 bridgehead atoms. The van der Waals surface area contributed by atoms with Crippen LogP contribution in [-0.2, 0) is 9.53 Å². The molecule has 104 valence electrons. The molecule has 0 unspecified atom stereocenters. The molecule has 1 heterocycles. The van der Waals surface area contributed by atoms with E-state index in [2.05, 4.69) is 15.6 Å². The fourth-order valence-electron chi connectivity index (χ4n) is 1.74. The van der Waals surface area contributed by atoms with Gasteiger partial charge in [-0.3, -0.25) is 9.78 Å². The second-order valence-electron chi connectivity index (χ2n) is 3.99. The smallest absolute Gasteiger partial charge is 0.325 e. The lowest BCUT2D eigenvalue weighted by Gasteiger charge is -2.09. The number of urea groups is 1. The van der Waals surface area contributed by atoms with Gasteiger partial charge in [0, 0.05) is 11.6 Å². The van der Waals surface area contributed by atoms with Gasteiger partial charge in [-0.2, -0.15) is 0 Å². The Labute approximate surface area is 116 Å². The number of carbonyl (C=O) groups is 2. The number of amides is 2. The Morgan fingerprint density at radius 1 is 1.25 bits per heavy atom. The van der Waals surface area contributed by atoms with E-state index in [0.29, 0.717) is 11.2 Å². The monoisotopic (exact) mass is 273 g/mol. The summed E-state index contributed by atoms with van der Waals surface area (Å²) in [6.07, 6.45) is 1.66. The van der Waals surface area contributed by atoms with Crippen molar-refractivity contribution in [3.8, 4) is 0 Å². The molecule has 0 radical (unpaired) electrons. The molecule has 0 aliphatic heterocycles. The average molecular weight is 273 g/mol. The molecule has 2 rings (SSSR count). The number of benzene rings is 1. The molecule has 1 aromatic carbocycles. The number of rotatable bonds is 4. The third-order valence-electron chi connectivity index (χ3n) is 2.58. The highest BCUT2D eigenvalue weighted by molar-refractivity contribution is 6.00. The first kappa shape index (κ1) is 13.8. The summed E-state index contributed by atoms with van der Waals surface area (Å²) in [4.78, 5) is 27.1. The molecule has 0 aliphatic rings. The molecule has 1 aromatic heterocycles. The highest BCUT2D eigenvalue weighted by Crippen LogP contribution is 2.20. The van der Waals surface area contributed by atoms with Crippen molar-refractivity contribution < 1.29 is 14.3 Å². The Hall–Kier alpha value is -2.63. The maximum Gasteiger partial charge on any atom is 0.325 e. The molecule has 0 atom stereocenters. The predicted octanol–water partition coefficient (Wildman–Crippen LogP) is 1.92. The van der Waals surface area contributed by atoms with Gasteiger partial charge < -0.3 is 15.4 Å². The van der Waals surface area contributed by atoms with E-state index in [1.807, 2.05) is 24.3 Å². The molecular weight excluding hydrogens is 258 g/mol. The van der Waals surface area contributed by atoms with E-state index in [-0.39, 0.29) is 13.2 Å². The zero-order valence-electron chi connectivity index (χ0n) is 11.1. The van der Waals surface area contributed by atoms with E-state index < -0.39 is 12.0 Å². The first-order chi connectivity index (χ1) is 9.70. The van der Waals surface area contributed by atoms with E-state index >= 15 is 0 Å². The molecule has 6 heteroatoms. The van der Waals surface area contributed by atoms with E-state index in [1.54, 1.807) is 19.2 Å². The topological polar surface area (TPSA) is 80.3 Å². The maximum atomic E-state index is 11.7. The van der Waals surface area contributed by atoms with Crippen LogP contribution in [0.25, 0.3) is 10.9 Å². The van der Waals surface area contributed by atoms with Crippen LogP contribution in [0.5, 0.6) is 0 Å². The maximum absolute atomic E-state index is 11.7. The Kier molecular flexibility index (Phi) is 4.49. The van der Waals surface area contributed by atoms with Gasteiger partial charge in [-0.05, 0) is 19.1 Å². The summed E-state index contributed by atoms with van der Waals surface area (Å²) in [6, 6.07) is 8.74. The number of hydrogen-bond donors (Lipinski definition) is 2. The summed E-state index contributed by atoms with van der Waals surface area (Å²) in [5.41, 5.74) is 1.28. The third-order valence-corrected chi connectivity index (χ3v) is 2.58. The van der Waals surface area contributed by atoms with Gasteiger partial charge in [0.15, 0.2) is 0 Å².